The van der Waals surface area contributed by atoms with Gasteiger partial charge in [-0.25, -0.2) is 0 Å². The lowest BCUT2D eigenvalue weighted by Gasteiger charge is -2.22. The van der Waals surface area contributed by atoms with Crippen molar-refractivity contribution in [1.82, 2.24) is 0 Å². The van der Waals surface area contributed by atoms with E-state index in [-0.39, 0.29) is 9.04 Å². The second kappa shape index (κ2) is 3.85. The first kappa shape index (κ1) is 7.03. The Hall–Kier alpha value is -0.0831. The smallest absolute Gasteiger partial charge is 0.211 e. The van der Waals surface area contributed by atoms with Gasteiger partial charge in [0.25, 0.3) is 0 Å². The van der Waals surface area contributed by atoms with E-state index in [1.807, 2.05) is 6.08 Å². The summed E-state index contributed by atoms with van der Waals surface area (Å²) in [7, 11) is -0.269. The highest BCUT2D eigenvalue weighted by Gasteiger charge is 2.20. The van der Waals surface area contributed by atoms with E-state index < -0.39 is 0 Å². The van der Waals surface area contributed by atoms with E-state index in [2.05, 4.69) is 6.58 Å². The molecule has 1 heterocycles. The molecule has 0 aromatic heterocycles. The number of hydrogen-bond acceptors (Lipinski definition) is 1. The molecule has 1 nitrogen and oxygen atoms in total. The molecule has 0 unspecified atom stereocenters. The van der Waals surface area contributed by atoms with Crippen molar-refractivity contribution >= 4 is 9.04 Å². The highest BCUT2D eigenvalue weighted by Crippen LogP contribution is 2.20. The van der Waals surface area contributed by atoms with Crippen LogP contribution in [-0.2, 0) is 4.43 Å². The predicted molar refractivity (Wildman–Crippen MR) is 40.8 cm³/mol. The summed E-state index contributed by atoms with van der Waals surface area (Å²) in [4.78, 5) is 0. The van der Waals surface area contributed by atoms with Gasteiger partial charge < -0.3 is 4.43 Å². The predicted octanol–water partition coefficient (Wildman–Crippen LogP) is 1.97. The summed E-state index contributed by atoms with van der Waals surface area (Å²) in [5.74, 6) is 0. The quantitative estimate of drug-likeness (QED) is 0.330. The zero-order valence-corrected chi connectivity index (χ0v) is 6.73. The fourth-order valence-corrected chi connectivity index (χ4v) is 2.09. The van der Waals surface area contributed by atoms with Crippen LogP contribution in [0.4, 0.5) is 0 Å². The molecule has 1 aliphatic heterocycles. The van der Waals surface area contributed by atoms with Crippen molar-refractivity contribution in [3.8, 4) is 0 Å². The van der Waals surface area contributed by atoms with Crippen molar-refractivity contribution in [2.24, 2.45) is 0 Å². The van der Waals surface area contributed by atoms with Crippen LogP contribution in [0.5, 0.6) is 0 Å². The fraction of sp³-hybridized carbons (Fsp3) is 0.714. The maximum atomic E-state index is 5.55. The normalized spacial score (nSPS) is 19.1. The molecule has 1 fully saturated rings. The third kappa shape index (κ3) is 2.33. The minimum absolute atomic E-state index is 0.269. The molecule has 0 spiro atoms. The Morgan fingerprint density at radius 3 is 2.78 bits per heavy atom. The molecule has 0 aromatic carbocycles. The molecule has 0 amide bonds. The molecule has 0 aromatic rings. The molecule has 9 heavy (non-hydrogen) atoms. The van der Waals surface area contributed by atoms with Crippen LogP contribution in [0.25, 0.3) is 0 Å². The van der Waals surface area contributed by atoms with Crippen LogP contribution in [0.1, 0.15) is 12.8 Å². The summed E-state index contributed by atoms with van der Waals surface area (Å²) in [5.41, 5.74) is 0. The zero-order chi connectivity index (χ0) is 6.53. The highest BCUT2D eigenvalue weighted by atomic mass is 28.3. The molecule has 0 saturated carbocycles. The average Bonchev–Trinajstić information content (AvgIpc) is 1.76. The van der Waals surface area contributed by atoms with E-state index >= 15 is 0 Å². The van der Waals surface area contributed by atoms with Gasteiger partial charge in [0.2, 0.25) is 9.04 Å². The van der Waals surface area contributed by atoms with Crippen LogP contribution in [0.15, 0.2) is 12.7 Å². The van der Waals surface area contributed by atoms with E-state index in [1.165, 1.54) is 18.5 Å². The lowest BCUT2D eigenvalue weighted by Crippen LogP contribution is -2.25. The molecule has 1 rings (SSSR count). The van der Waals surface area contributed by atoms with Crippen molar-refractivity contribution in [3.05, 3.63) is 12.7 Å². The minimum atomic E-state index is -0.269. The van der Waals surface area contributed by atoms with Gasteiger partial charge in [-0.05, 0) is 18.5 Å². The molecule has 51 valence electrons. The van der Waals surface area contributed by atoms with Crippen molar-refractivity contribution in [1.29, 1.82) is 0 Å². The SMILES string of the molecule is C=CCCO[Si]1CCC1. The molecule has 1 aliphatic rings. The largest absolute Gasteiger partial charge is 0.416 e. The zero-order valence-electron chi connectivity index (χ0n) is 5.73. The van der Waals surface area contributed by atoms with Gasteiger partial charge in [-0.2, -0.15) is 0 Å². The average molecular weight is 141 g/mol. The van der Waals surface area contributed by atoms with Crippen LogP contribution < -0.4 is 0 Å². The molecule has 0 aliphatic carbocycles. The summed E-state index contributed by atoms with van der Waals surface area (Å²) in [5, 5.41) is 0. The molecule has 1 saturated heterocycles. The first-order valence-corrected chi connectivity index (χ1v) is 5.34. The first-order chi connectivity index (χ1) is 4.43. The summed E-state index contributed by atoms with van der Waals surface area (Å²) in [6, 6.07) is 2.75. The van der Waals surface area contributed by atoms with E-state index in [1.54, 1.807) is 0 Å². The maximum Gasteiger partial charge on any atom is 0.211 e. The fourth-order valence-electron chi connectivity index (χ4n) is 0.752. The molecule has 0 N–H and O–H groups in total. The van der Waals surface area contributed by atoms with E-state index in [9.17, 15) is 0 Å². The van der Waals surface area contributed by atoms with Gasteiger partial charge in [-0.15, -0.1) is 6.58 Å². The van der Waals surface area contributed by atoms with Gasteiger partial charge >= 0.3 is 0 Å². The molecular weight excluding hydrogens is 128 g/mol. The van der Waals surface area contributed by atoms with Crippen LogP contribution in [0, 0.1) is 0 Å². The maximum absolute atomic E-state index is 5.55. The van der Waals surface area contributed by atoms with Gasteiger partial charge in [0.05, 0.1) is 0 Å². The molecule has 0 bridgehead atoms. The van der Waals surface area contributed by atoms with Gasteiger partial charge in [-0.1, -0.05) is 12.5 Å². The summed E-state index contributed by atoms with van der Waals surface area (Å²) in [6.07, 6.45) is 4.34. The summed E-state index contributed by atoms with van der Waals surface area (Å²) < 4.78 is 5.55. The Morgan fingerprint density at radius 2 is 2.33 bits per heavy atom. The third-order valence-electron chi connectivity index (χ3n) is 1.54. The first-order valence-electron chi connectivity index (χ1n) is 3.52. The van der Waals surface area contributed by atoms with Crippen LogP contribution >= 0.6 is 0 Å². The lowest BCUT2D eigenvalue weighted by molar-refractivity contribution is 0.314. The van der Waals surface area contributed by atoms with E-state index in [0.29, 0.717) is 0 Å². The molecule has 0 atom stereocenters. The summed E-state index contributed by atoms with van der Waals surface area (Å²) >= 11 is 0. The standard InChI is InChI=1S/C7H13OSi/c1-2-3-5-8-9-6-4-7-9/h2H,1,3-7H2. The Morgan fingerprint density at radius 1 is 1.56 bits per heavy atom. The van der Waals surface area contributed by atoms with Crippen molar-refractivity contribution < 1.29 is 4.43 Å². The van der Waals surface area contributed by atoms with Crippen LogP contribution in [-0.4, -0.2) is 15.6 Å². The third-order valence-corrected chi connectivity index (χ3v) is 3.97. The van der Waals surface area contributed by atoms with Crippen molar-refractivity contribution in [2.75, 3.05) is 6.61 Å². The second-order valence-electron chi connectivity index (χ2n) is 2.32. The minimum Gasteiger partial charge on any atom is -0.416 e. The number of rotatable bonds is 4. The van der Waals surface area contributed by atoms with Gasteiger partial charge in [-0.3, -0.25) is 0 Å². The highest BCUT2D eigenvalue weighted by molar-refractivity contribution is 6.54. The van der Waals surface area contributed by atoms with Crippen LogP contribution in [0.2, 0.25) is 12.1 Å². The summed E-state index contributed by atoms with van der Waals surface area (Å²) in [6.45, 7) is 4.55. The Kier molecular flexibility index (Phi) is 3.01. The molecule has 2 heteroatoms. The van der Waals surface area contributed by atoms with E-state index in [0.717, 1.165) is 13.0 Å². The van der Waals surface area contributed by atoms with Gasteiger partial charge in [0.1, 0.15) is 0 Å². The molecule has 1 radical (unpaired) electrons. The van der Waals surface area contributed by atoms with Crippen molar-refractivity contribution in [3.63, 3.8) is 0 Å². The van der Waals surface area contributed by atoms with Gasteiger partial charge in [0, 0.05) is 6.61 Å². The van der Waals surface area contributed by atoms with Crippen molar-refractivity contribution in [2.45, 2.75) is 24.9 Å². The van der Waals surface area contributed by atoms with E-state index in [4.69, 9.17) is 4.43 Å². The Bertz CT molecular complexity index is 88.9. The Balaban J connectivity index is 1.85. The van der Waals surface area contributed by atoms with Gasteiger partial charge in [0.15, 0.2) is 0 Å². The molecular formula is C7H13OSi. The lowest BCUT2D eigenvalue weighted by atomic mass is 10.5. The second-order valence-corrected chi connectivity index (χ2v) is 4.68. The monoisotopic (exact) mass is 141 g/mol. The Labute approximate surface area is 58.4 Å². The van der Waals surface area contributed by atoms with Crippen LogP contribution in [0.3, 0.4) is 0 Å². The topological polar surface area (TPSA) is 9.23 Å². The number of hydrogen-bond donors (Lipinski definition) is 0.